The molecule has 1 aliphatic rings. The van der Waals surface area contributed by atoms with E-state index in [4.69, 9.17) is 4.74 Å². The Morgan fingerprint density at radius 1 is 1.35 bits per heavy atom. The number of allylic oxidation sites excluding steroid dienone is 1. The van der Waals surface area contributed by atoms with Gasteiger partial charge >= 0.3 is 0 Å². The van der Waals surface area contributed by atoms with Gasteiger partial charge in [-0.15, -0.1) is 0 Å². The topological polar surface area (TPSA) is 49.8 Å². The number of hydrogen-bond acceptors (Lipinski definition) is 3. The number of rotatable bonds is 6. The van der Waals surface area contributed by atoms with E-state index in [9.17, 15) is 9.90 Å². The molecule has 23 heavy (non-hydrogen) atoms. The van der Waals surface area contributed by atoms with Crippen LogP contribution in [0, 0.1) is 5.92 Å². The number of nitrogens with zero attached hydrogens (tertiary/aromatic N) is 1. The van der Waals surface area contributed by atoms with Crippen LogP contribution in [0.25, 0.3) is 0 Å². The maximum Gasteiger partial charge on any atom is 0.246 e. The second kappa shape index (κ2) is 8.73. The number of carbonyl (C=O) groups is 1. The Kier molecular flexibility index (Phi) is 6.66. The molecule has 1 saturated carbocycles. The monoisotopic (exact) mass is 317 g/mol. The van der Waals surface area contributed by atoms with E-state index in [1.165, 1.54) is 5.57 Å². The molecule has 4 heteroatoms. The van der Waals surface area contributed by atoms with Crippen LogP contribution in [0.3, 0.4) is 0 Å². The van der Waals surface area contributed by atoms with E-state index in [-0.39, 0.29) is 12.5 Å². The van der Waals surface area contributed by atoms with Crippen LogP contribution >= 0.6 is 0 Å². The van der Waals surface area contributed by atoms with Gasteiger partial charge in [-0.2, -0.15) is 0 Å². The summed E-state index contributed by atoms with van der Waals surface area (Å²) in [6.07, 6.45) is 6.11. The van der Waals surface area contributed by atoms with Crippen molar-refractivity contribution in [2.75, 3.05) is 20.3 Å². The molecule has 0 heterocycles. The highest BCUT2D eigenvalue weighted by atomic mass is 16.5. The van der Waals surface area contributed by atoms with Crippen molar-refractivity contribution in [2.45, 2.75) is 39.2 Å². The van der Waals surface area contributed by atoms with Gasteiger partial charge < -0.3 is 14.7 Å². The Morgan fingerprint density at radius 3 is 2.70 bits per heavy atom. The summed E-state index contributed by atoms with van der Waals surface area (Å²) >= 11 is 0. The average molecular weight is 317 g/mol. The van der Waals surface area contributed by atoms with E-state index in [0.717, 1.165) is 42.9 Å². The molecule has 0 bridgehead atoms. The lowest BCUT2D eigenvalue weighted by molar-refractivity contribution is -0.127. The van der Waals surface area contributed by atoms with Crippen LogP contribution in [0.15, 0.2) is 35.9 Å². The highest BCUT2D eigenvalue weighted by Gasteiger charge is 2.17. The van der Waals surface area contributed by atoms with E-state index < -0.39 is 0 Å². The molecule has 0 spiro atoms. The number of para-hydroxylation sites is 1. The number of amides is 1. The van der Waals surface area contributed by atoms with E-state index in [1.807, 2.05) is 24.3 Å². The Hall–Kier alpha value is -1.81. The molecule has 1 fully saturated rings. The van der Waals surface area contributed by atoms with Gasteiger partial charge in [-0.05, 0) is 37.7 Å². The Bertz CT molecular complexity index is 543. The summed E-state index contributed by atoms with van der Waals surface area (Å²) in [4.78, 5) is 14.3. The van der Waals surface area contributed by atoms with Crippen molar-refractivity contribution in [3.05, 3.63) is 41.5 Å². The molecule has 126 valence electrons. The molecular formula is C19H27NO3. The minimum atomic E-state index is -0.0406. The number of methoxy groups -OCH3 is 1. The summed E-state index contributed by atoms with van der Waals surface area (Å²) in [5.74, 6) is 1.50. The van der Waals surface area contributed by atoms with Crippen molar-refractivity contribution in [1.29, 1.82) is 0 Å². The highest BCUT2D eigenvalue weighted by Crippen LogP contribution is 2.28. The fourth-order valence-corrected chi connectivity index (χ4v) is 2.97. The lowest BCUT2D eigenvalue weighted by Crippen LogP contribution is -2.32. The standard InChI is InChI=1S/C19H27NO3/c1-15-7-9-16(10-8-15)13-19(22)20(11-12-21)14-17-5-3-4-6-18(17)23-2/h3-6,13,15,21H,7-12,14H2,1-2H3. The molecule has 1 amide bonds. The molecule has 0 radical (unpaired) electrons. The summed E-state index contributed by atoms with van der Waals surface area (Å²) in [6.45, 7) is 3.00. The third-order valence-corrected chi connectivity index (χ3v) is 4.48. The van der Waals surface area contributed by atoms with Gasteiger partial charge in [-0.1, -0.05) is 30.7 Å². The van der Waals surface area contributed by atoms with Crippen molar-refractivity contribution in [1.82, 2.24) is 4.90 Å². The SMILES string of the molecule is COc1ccccc1CN(CCO)C(=O)C=C1CCC(C)CC1. The van der Waals surface area contributed by atoms with Crippen LogP contribution < -0.4 is 4.74 Å². The first-order chi connectivity index (χ1) is 11.1. The van der Waals surface area contributed by atoms with Crippen molar-refractivity contribution in [2.24, 2.45) is 5.92 Å². The molecule has 1 N–H and O–H groups in total. The first-order valence-electron chi connectivity index (χ1n) is 8.35. The summed E-state index contributed by atoms with van der Waals surface area (Å²) < 4.78 is 5.35. The molecule has 0 aromatic heterocycles. The molecule has 2 rings (SSSR count). The first-order valence-corrected chi connectivity index (χ1v) is 8.35. The van der Waals surface area contributed by atoms with Gasteiger partial charge in [0.05, 0.1) is 13.7 Å². The van der Waals surface area contributed by atoms with Crippen molar-refractivity contribution >= 4 is 5.91 Å². The van der Waals surface area contributed by atoms with E-state index in [0.29, 0.717) is 13.1 Å². The van der Waals surface area contributed by atoms with Gasteiger partial charge in [0.15, 0.2) is 0 Å². The maximum absolute atomic E-state index is 12.6. The number of benzene rings is 1. The van der Waals surface area contributed by atoms with Gasteiger partial charge in [-0.3, -0.25) is 4.79 Å². The molecule has 4 nitrogen and oxygen atoms in total. The number of aliphatic hydroxyl groups is 1. The number of aliphatic hydroxyl groups excluding tert-OH is 1. The summed E-state index contributed by atoms with van der Waals surface area (Å²) in [5, 5.41) is 9.28. The molecule has 0 atom stereocenters. The quantitative estimate of drug-likeness (QED) is 0.820. The van der Waals surface area contributed by atoms with Crippen LogP contribution in [0.2, 0.25) is 0 Å². The van der Waals surface area contributed by atoms with Crippen LogP contribution in [-0.4, -0.2) is 36.2 Å². The lowest BCUT2D eigenvalue weighted by atomic mass is 9.87. The molecule has 1 aromatic carbocycles. The molecular weight excluding hydrogens is 290 g/mol. The molecule has 0 saturated heterocycles. The van der Waals surface area contributed by atoms with Crippen molar-refractivity contribution < 1.29 is 14.6 Å². The summed E-state index contributed by atoms with van der Waals surface area (Å²) in [6, 6.07) is 7.68. The Labute approximate surface area is 138 Å². The smallest absolute Gasteiger partial charge is 0.246 e. The average Bonchev–Trinajstić information content (AvgIpc) is 2.57. The molecule has 1 aromatic rings. The van der Waals surface area contributed by atoms with Gasteiger partial charge in [0, 0.05) is 24.7 Å². The fraction of sp³-hybridized carbons (Fsp3) is 0.526. The van der Waals surface area contributed by atoms with Crippen LogP contribution in [0.1, 0.15) is 38.2 Å². The molecule has 1 aliphatic carbocycles. The normalized spacial score (nSPS) is 17.7. The number of ether oxygens (including phenoxy) is 1. The van der Waals surface area contributed by atoms with Gasteiger partial charge in [0.2, 0.25) is 5.91 Å². The largest absolute Gasteiger partial charge is 0.496 e. The van der Waals surface area contributed by atoms with E-state index in [1.54, 1.807) is 18.1 Å². The summed E-state index contributed by atoms with van der Waals surface area (Å²) in [5.41, 5.74) is 2.18. The fourth-order valence-electron chi connectivity index (χ4n) is 2.97. The summed E-state index contributed by atoms with van der Waals surface area (Å²) in [7, 11) is 1.63. The minimum Gasteiger partial charge on any atom is -0.496 e. The van der Waals surface area contributed by atoms with E-state index >= 15 is 0 Å². The maximum atomic E-state index is 12.6. The van der Waals surface area contributed by atoms with E-state index in [2.05, 4.69) is 6.92 Å². The van der Waals surface area contributed by atoms with Gasteiger partial charge in [0.1, 0.15) is 5.75 Å². The predicted octanol–water partition coefficient (Wildman–Crippen LogP) is 3.15. The zero-order valence-electron chi connectivity index (χ0n) is 14.1. The molecule has 0 aliphatic heterocycles. The van der Waals surface area contributed by atoms with Gasteiger partial charge in [-0.25, -0.2) is 0 Å². The molecule has 0 unspecified atom stereocenters. The third kappa shape index (κ3) is 5.10. The second-order valence-electron chi connectivity index (χ2n) is 6.28. The highest BCUT2D eigenvalue weighted by molar-refractivity contribution is 5.88. The minimum absolute atomic E-state index is 0.0190. The first kappa shape index (κ1) is 17.5. The van der Waals surface area contributed by atoms with Crippen LogP contribution in [0.5, 0.6) is 5.75 Å². The predicted molar refractivity (Wildman–Crippen MR) is 91.2 cm³/mol. The second-order valence-corrected chi connectivity index (χ2v) is 6.28. The van der Waals surface area contributed by atoms with Gasteiger partial charge in [0.25, 0.3) is 0 Å². The lowest BCUT2D eigenvalue weighted by Gasteiger charge is -2.24. The van der Waals surface area contributed by atoms with Crippen LogP contribution in [0.4, 0.5) is 0 Å². The number of hydrogen-bond donors (Lipinski definition) is 1. The van der Waals surface area contributed by atoms with Crippen molar-refractivity contribution in [3.8, 4) is 5.75 Å². The zero-order valence-corrected chi connectivity index (χ0v) is 14.1. The third-order valence-electron chi connectivity index (χ3n) is 4.48. The zero-order chi connectivity index (χ0) is 16.7. The number of carbonyl (C=O) groups excluding carboxylic acids is 1. The Morgan fingerprint density at radius 2 is 2.04 bits per heavy atom. The van der Waals surface area contributed by atoms with Crippen LogP contribution in [-0.2, 0) is 11.3 Å². The van der Waals surface area contributed by atoms with Crippen molar-refractivity contribution in [3.63, 3.8) is 0 Å². The Balaban J connectivity index is 2.08.